The summed E-state index contributed by atoms with van der Waals surface area (Å²) in [4.78, 5) is 0. The van der Waals surface area contributed by atoms with Gasteiger partial charge in [-0.15, -0.1) is 0 Å². The van der Waals surface area contributed by atoms with Gasteiger partial charge in [0.1, 0.15) is 11.6 Å². The van der Waals surface area contributed by atoms with Crippen molar-refractivity contribution in [2.45, 2.75) is 26.3 Å². The molecule has 0 saturated carbocycles. The summed E-state index contributed by atoms with van der Waals surface area (Å²) in [6, 6.07) is 9.02. The number of rotatable bonds is 5. The lowest BCUT2D eigenvalue weighted by atomic mass is 9.96. The predicted octanol–water partition coefficient (Wildman–Crippen LogP) is 5.12. The lowest BCUT2D eigenvalue weighted by Gasteiger charge is -2.22. The minimum Gasteiger partial charge on any atom is -0.306 e. The molecule has 0 aliphatic rings. The zero-order valence-corrected chi connectivity index (χ0v) is 13.7. The van der Waals surface area contributed by atoms with Gasteiger partial charge < -0.3 is 5.32 Å². The molecule has 2 aromatic rings. The Kier molecular flexibility index (Phi) is 5.48. The van der Waals surface area contributed by atoms with Crippen molar-refractivity contribution < 1.29 is 8.78 Å². The average molecular weight is 354 g/mol. The number of hydrogen-bond acceptors (Lipinski definition) is 1. The molecule has 2 rings (SSSR count). The van der Waals surface area contributed by atoms with Gasteiger partial charge in [0.25, 0.3) is 0 Å². The van der Waals surface area contributed by atoms with E-state index in [1.54, 1.807) is 0 Å². The molecule has 1 N–H and O–H groups in total. The van der Waals surface area contributed by atoms with Crippen LogP contribution in [0.2, 0.25) is 0 Å². The van der Waals surface area contributed by atoms with Crippen molar-refractivity contribution in [1.82, 2.24) is 5.32 Å². The summed E-state index contributed by atoms with van der Waals surface area (Å²) < 4.78 is 28.6. The van der Waals surface area contributed by atoms with Crippen molar-refractivity contribution in [3.63, 3.8) is 0 Å². The third-order valence-electron chi connectivity index (χ3n) is 3.40. The van der Waals surface area contributed by atoms with Crippen molar-refractivity contribution in [3.8, 4) is 0 Å². The second kappa shape index (κ2) is 7.14. The van der Waals surface area contributed by atoms with Crippen LogP contribution in [0.3, 0.4) is 0 Å². The molecular weight excluding hydrogens is 336 g/mol. The van der Waals surface area contributed by atoms with Gasteiger partial charge in [-0.1, -0.05) is 41.1 Å². The molecular formula is C17H18BrF2N. The van der Waals surface area contributed by atoms with Crippen LogP contribution in [0.5, 0.6) is 0 Å². The monoisotopic (exact) mass is 353 g/mol. The van der Waals surface area contributed by atoms with E-state index in [1.165, 1.54) is 12.1 Å². The highest BCUT2D eigenvalue weighted by atomic mass is 79.9. The van der Waals surface area contributed by atoms with Crippen LogP contribution in [-0.2, 0) is 0 Å². The van der Waals surface area contributed by atoms with Gasteiger partial charge in [-0.3, -0.25) is 0 Å². The molecule has 0 aliphatic carbocycles. The summed E-state index contributed by atoms with van der Waals surface area (Å²) in [5, 5.41) is 3.30. The predicted molar refractivity (Wildman–Crippen MR) is 85.4 cm³/mol. The number of hydrogen-bond donors (Lipinski definition) is 1. The van der Waals surface area contributed by atoms with Crippen molar-refractivity contribution in [1.29, 1.82) is 0 Å². The molecule has 1 nitrogen and oxygen atoms in total. The minimum absolute atomic E-state index is 0.328. The van der Waals surface area contributed by atoms with E-state index < -0.39 is 11.6 Å². The second-order valence-corrected chi connectivity index (χ2v) is 5.82. The fourth-order valence-corrected chi connectivity index (χ4v) is 2.80. The van der Waals surface area contributed by atoms with Gasteiger partial charge in [0.05, 0.1) is 6.04 Å². The lowest BCUT2D eigenvalue weighted by molar-refractivity contribution is 0.534. The summed E-state index contributed by atoms with van der Waals surface area (Å²) in [5.41, 5.74) is 2.30. The van der Waals surface area contributed by atoms with E-state index in [0.717, 1.165) is 34.6 Å². The van der Waals surface area contributed by atoms with E-state index >= 15 is 0 Å². The Morgan fingerprint density at radius 2 is 1.90 bits per heavy atom. The third-order valence-corrected chi connectivity index (χ3v) is 4.48. The largest absolute Gasteiger partial charge is 0.306 e. The Hall–Kier alpha value is -1.26. The van der Waals surface area contributed by atoms with Crippen LogP contribution < -0.4 is 5.32 Å². The summed E-state index contributed by atoms with van der Waals surface area (Å²) in [5.74, 6) is -0.836. The summed E-state index contributed by atoms with van der Waals surface area (Å²) >= 11 is 3.56. The molecule has 0 aliphatic heterocycles. The van der Waals surface area contributed by atoms with Gasteiger partial charge in [0.2, 0.25) is 0 Å². The van der Waals surface area contributed by atoms with Crippen molar-refractivity contribution in [2.24, 2.45) is 0 Å². The van der Waals surface area contributed by atoms with E-state index in [4.69, 9.17) is 0 Å². The molecule has 1 unspecified atom stereocenters. The van der Waals surface area contributed by atoms with Gasteiger partial charge in [-0.25, -0.2) is 8.78 Å². The highest BCUT2D eigenvalue weighted by Crippen LogP contribution is 2.32. The Labute approximate surface area is 132 Å². The van der Waals surface area contributed by atoms with Gasteiger partial charge in [0, 0.05) is 10.0 Å². The Morgan fingerprint density at radius 3 is 2.62 bits per heavy atom. The number of nitrogens with one attached hydrogen (secondary N) is 1. The summed E-state index contributed by atoms with van der Waals surface area (Å²) in [6.07, 6.45) is 0.914. The molecule has 1 atom stereocenters. The van der Waals surface area contributed by atoms with Crippen LogP contribution in [0.25, 0.3) is 0 Å². The molecule has 0 bridgehead atoms. The Balaban J connectivity index is 2.52. The van der Waals surface area contributed by atoms with E-state index in [0.29, 0.717) is 5.56 Å². The van der Waals surface area contributed by atoms with Crippen molar-refractivity contribution in [3.05, 3.63) is 69.2 Å². The number of halogens is 3. The van der Waals surface area contributed by atoms with Crippen LogP contribution in [-0.4, -0.2) is 6.54 Å². The van der Waals surface area contributed by atoms with Crippen molar-refractivity contribution in [2.75, 3.05) is 6.54 Å². The first-order chi connectivity index (χ1) is 10.0. The molecule has 0 amide bonds. The molecule has 21 heavy (non-hydrogen) atoms. The maximum absolute atomic E-state index is 14.1. The topological polar surface area (TPSA) is 12.0 Å². The van der Waals surface area contributed by atoms with Gasteiger partial charge in [-0.2, -0.15) is 0 Å². The average Bonchev–Trinajstić information content (AvgIpc) is 2.47. The fourth-order valence-electron chi connectivity index (χ4n) is 2.31. The molecule has 112 valence electrons. The van der Waals surface area contributed by atoms with E-state index in [-0.39, 0.29) is 6.04 Å². The highest BCUT2D eigenvalue weighted by molar-refractivity contribution is 9.10. The molecule has 0 aromatic heterocycles. The first-order valence-corrected chi connectivity index (χ1v) is 7.77. The smallest absolute Gasteiger partial charge is 0.128 e. The normalized spacial score (nSPS) is 12.4. The molecule has 2 aromatic carbocycles. The van der Waals surface area contributed by atoms with Crippen LogP contribution in [0, 0.1) is 18.6 Å². The maximum Gasteiger partial charge on any atom is 0.128 e. The molecule has 0 radical (unpaired) electrons. The standard InChI is InChI=1S/C17H18BrF2N/c1-3-9-21-17(13-6-4-5-11(2)16(13)18)14-10-12(19)7-8-15(14)20/h4-8,10,17,21H,3,9H2,1-2H3. The van der Waals surface area contributed by atoms with E-state index in [9.17, 15) is 8.78 Å². The highest BCUT2D eigenvalue weighted by Gasteiger charge is 2.20. The molecule has 0 saturated heterocycles. The maximum atomic E-state index is 14.1. The molecule has 4 heteroatoms. The van der Waals surface area contributed by atoms with Crippen LogP contribution in [0.1, 0.15) is 36.1 Å². The second-order valence-electron chi connectivity index (χ2n) is 5.03. The summed E-state index contributed by atoms with van der Waals surface area (Å²) in [6.45, 7) is 4.74. The van der Waals surface area contributed by atoms with Crippen LogP contribution >= 0.6 is 15.9 Å². The quantitative estimate of drug-likeness (QED) is 0.785. The van der Waals surface area contributed by atoms with E-state index in [2.05, 4.69) is 21.2 Å². The van der Waals surface area contributed by atoms with Crippen LogP contribution in [0.15, 0.2) is 40.9 Å². The zero-order chi connectivity index (χ0) is 15.4. The van der Waals surface area contributed by atoms with Crippen molar-refractivity contribution >= 4 is 15.9 Å². The minimum atomic E-state index is -0.432. The SMILES string of the molecule is CCCNC(c1cc(F)ccc1F)c1cccc(C)c1Br. The van der Waals surface area contributed by atoms with Crippen LogP contribution in [0.4, 0.5) is 8.78 Å². The molecule has 0 heterocycles. The lowest BCUT2D eigenvalue weighted by Crippen LogP contribution is -2.24. The van der Waals surface area contributed by atoms with Gasteiger partial charge in [0.15, 0.2) is 0 Å². The molecule has 0 fully saturated rings. The first kappa shape index (κ1) is 16.1. The molecule has 0 spiro atoms. The fraction of sp³-hybridized carbons (Fsp3) is 0.294. The zero-order valence-electron chi connectivity index (χ0n) is 12.1. The first-order valence-electron chi connectivity index (χ1n) is 6.98. The number of aryl methyl sites for hydroxylation is 1. The Morgan fingerprint density at radius 1 is 1.14 bits per heavy atom. The van der Waals surface area contributed by atoms with Gasteiger partial charge in [-0.05, 0) is 49.2 Å². The van der Waals surface area contributed by atoms with Gasteiger partial charge >= 0.3 is 0 Å². The summed E-state index contributed by atoms with van der Waals surface area (Å²) in [7, 11) is 0. The van der Waals surface area contributed by atoms with E-state index in [1.807, 2.05) is 32.0 Å². The number of benzene rings is 2. The third kappa shape index (κ3) is 3.69. The Bertz CT molecular complexity index is 626.